The molecular formula is C21H25IO4SSi. The van der Waals surface area contributed by atoms with Gasteiger partial charge in [-0.2, -0.15) is 0 Å². The van der Waals surface area contributed by atoms with E-state index in [0.29, 0.717) is 3.77 Å². The summed E-state index contributed by atoms with van der Waals surface area (Å²) in [5.74, 6) is 0. The Morgan fingerprint density at radius 2 is 1.54 bits per heavy atom. The number of rotatable bonds is 6. The van der Waals surface area contributed by atoms with Crippen LogP contribution in [0.15, 0.2) is 70.0 Å². The maximum absolute atomic E-state index is 13.0. The van der Waals surface area contributed by atoms with Crippen molar-refractivity contribution in [3.63, 3.8) is 0 Å². The van der Waals surface area contributed by atoms with Crippen molar-refractivity contribution in [3.8, 4) is 0 Å². The van der Waals surface area contributed by atoms with Crippen molar-refractivity contribution in [2.45, 2.75) is 38.4 Å². The monoisotopic (exact) mass is 528 g/mol. The van der Waals surface area contributed by atoms with Gasteiger partial charge in [-0.05, 0) is 0 Å². The molecule has 0 fully saturated rings. The van der Waals surface area contributed by atoms with E-state index in [1.54, 1.807) is 24.3 Å². The molecule has 0 amide bonds. The second-order valence-corrected chi connectivity index (χ2v) is 18.9. The van der Waals surface area contributed by atoms with Crippen LogP contribution in [0.3, 0.4) is 0 Å². The SMILES string of the molecule is Cc1ccc(S(=O)(=O)OI(c2ccc([Si](C)(C)C)o2)c2ccccc2C)cc1. The number of benzene rings is 2. The topological polar surface area (TPSA) is 56.5 Å². The molecule has 4 nitrogen and oxygen atoms in total. The molecule has 1 aromatic heterocycles. The number of halogens is 1. The van der Waals surface area contributed by atoms with Gasteiger partial charge in [0.25, 0.3) is 0 Å². The van der Waals surface area contributed by atoms with Crippen LogP contribution in [0.5, 0.6) is 0 Å². The van der Waals surface area contributed by atoms with Crippen molar-refractivity contribution in [2.24, 2.45) is 0 Å². The van der Waals surface area contributed by atoms with E-state index in [4.69, 9.17) is 6.93 Å². The molecule has 0 aliphatic carbocycles. The molecule has 0 radical (unpaired) electrons. The molecule has 0 saturated carbocycles. The van der Waals surface area contributed by atoms with E-state index < -0.39 is 38.4 Å². The molecule has 2 aromatic carbocycles. The second-order valence-electron chi connectivity index (χ2n) is 7.68. The predicted molar refractivity (Wildman–Crippen MR) is 124 cm³/mol. The maximum atomic E-state index is 13.0. The molecule has 0 saturated heterocycles. The van der Waals surface area contributed by atoms with Crippen molar-refractivity contribution in [3.05, 3.63) is 79.1 Å². The number of hydrogen-bond donors (Lipinski definition) is 0. The van der Waals surface area contributed by atoms with Crippen molar-refractivity contribution in [2.75, 3.05) is 0 Å². The van der Waals surface area contributed by atoms with Crippen LogP contribution in [-0.4, -0.2) is 16.5 Å². The fraction of sp³-hybridized carbons (Fsp3) is 0.238. The van der Waals surface area contributed by atoms with Gasteiger partial charge in [0, 0.05) is 0 Å². The Bertz CT molecular complexity index is 1070. The van der Waals surface area contributed by atoms with Crippen molar-refractivity contribution in [1.29, 1.82) is 0 Å². The summed E-state index contributed by atoms with van der Waals surface area (Å²) in [5.41, 5.74) is 2.01. The molecule has 0 bridgehead atoms. The molecule has 28 heavy (non-hydrogen) atoms. The molecule has 0 aliphatic heterocycles. The molecular weight excluding hydrogens is 503 g/mol. The number of hydrogen-bond acceptors (Lipinski definition) is 4. The average Bonchev–Trinajstić information content (AvgIpc) is 3.11. The van der Waals surface area contributed by atoms with E-state index in [1.807, 2.05) is 50.2 Å². The van der Waals surface area contributed by atoms with Gasteiger partial charge in [-0.25, -0.2) is 0 Å². The van der Waals surface area contributed by atoms with Crippen LogP contribution in [0.2, 0.25) is 19.6 Å². The van der Waals surface area contributed by atoms with Crippen LogP contribution < -0.4 is 5.38 Å². The van der Waals surface area contributed by atoms with E-state index >= 15 is 0 Å². The summed E-state index contributed by atoms with van der Waals surface area (Å²) in [6.07, 6.45) is 0. The summed E-state index contributed by atoms with van der Waals surface area (Å²) in [5, 5.41) is 0.953. The first kappa shape index (κ1) is 21.3. The Morgan fingerprint density at radius 1 is 0.893 bits per heavy atom. The van der Waals surface area contributed by atoms with E-state index in [0.717, 1.165) is 20.1 Å². The Kier molecular flexibility index (Phi) is 6.19. The van der Waals surface area contributed by atoms with Gasteiger partial charge in [-0.1, -0.05) is 0 Å². The van der Waals surface area contributed by atoms with Gasteiger partial charge < -0.3 is 0 Å². The van der Waals surface area contributed by atoms with E-state index in [-0.39, 0.29) is 4.90 Å². The molecule has 0 aliphatic rings. The Balaban J connectivity index is 2.06. The second kappa shape index (κ2) is 8.14. The molecule has 150 valence electrons. The van der Waals surface area contributed by atoms with Crippen LogP contribution >= 0.6 is 20.2 Å². The molecule has 0 atom stereocenters. The average molecular weight is 528 g/mol. The van der Waals surface area contributed by atoms with Gasteiger partial charge in [0.1, 0.15) is 0 Å². The molecule has 0 N–H and O–H groups in total. The fourth-order valence-electron chi connectivity index (χ4n) is 2.54. The third-order valence-corrected chi connectivity index (χ3v) is 13.4. The number of aryl methyl sites for hydroxylation is 2. The summed E-state index contributed by atoms with van der Waals surface area (Å²) in [6, 6.07) is 18.4. The number of furan rings is 1. The Morgan fingerprint density at radius 3 is 2.11 bits per heavy atom. The molecule has 0 spiro atoms. The standard InChI is InChI=1S/C21H25IO4SSi/c1-16-10-12-18(13-11-16)27(23,24)26-22(19-9-7-6-8-17(19)2)20-14-15-21(25-20)28(3,4)5/h6-15H,1-5H3. The zero-order valence-electron chi connectivity index (χ0n) is 16.7. The van der Waals surface area contributed by atoms with E-state index in [9.17, 15) is 8.42 Å². The van der Waals surface area contributed by atoms with Gasteiger partial charge in [0.15, 0.2) is 0 Å². The van der Waals surface area contributed by atoms with Gasteiger partial charge in [0.2, 0.25) is 0 Å². The van der Waals surface area contributed by atoms with Crippen molar-refractivity contribution < 1.29 is 15.3 Å². The summed E-state index contributed by atoms with van der Waals surface area (Å²) in [4.78, 5) is 0.172. The summed E-state index contributed by atoms with van der Waals surface area (Å²) >= 11 is -2.80. The van der Waals surface area contributed by atoms with Gasteiger partial charge >= 0.3 is 177 Å². The summed E-state index contributed by atoms with van der Waals surface area (Å²) in [6.45, 7) is 10.5. The Labute approximate surface area is 176 Å². The minimum atomic E-state index is -3.89. The normalized spacial score (nSPS) is 12.8. The summed E-state index contributed by atoms with van der Waals surface area (Å²) < 4.78 is 39.6. The molecule has 1 heterocycles. The first-order chi connectivity index (χ1) is 13.1. The van der Waals surface area contributed by atoms with Crippen LogP contribution in [0.1, 0.15) is 11.1 Å². The van der Waals surface area contributed by atoms with E-state index in [1.165, 1.54) is 0 Å². The molecule has 3 aromatic rings. The zero-order valence-corrected chi connectivity index (χ0v) is 20.7. The van der Waals surface area contributed by atoms with E-state index in [2.05, 4.69) is 19.6 Å². The first-order valence-electron chi connectivity index (χ1n) is 8.95. The minimum absolute atomic E-state index is 0.172. The molecule has 3 rings (SSSR count). The third-order valence-electron chi connectivity index (χ3n) is 4.20. The zero-order chi connectivity index (χ0) is 20.5. The van der Waals surface area contributed by atoms with Gasteiger partial charge in [0.05, 0.1) is 0 Å². The van der Waals surface area contributed by atoms with Crippen LogP contribution in [0.25, 0.3) is 0 Å². The van der Waals surface area contributed by atoms with Crippen LogP contribution in [0.4, 0.5) is 0 Å². The first-order valence-corrected chi connectivity index (χ1v) is 16.9. The van der Waals surface area contributed by atoms with Gasteiger partial charge in [-0.15, -0.1) is 0 Å². The quantitative estimate of drug-likeness (QED) is 0.322. The summed E-state index contributed by atoms with van der Waals surface area (Å²) in [7, 11) is -5.54. The molecule has 0 unspecified atom stereocenters. The third kappa shape index (κ3) is 4.76. The van der Waals surface area contributed by atoms with Crippen LogP contribution in [-0.2, 0) is 12.6 Å². The fourth-order valence-corrected chi connectivity index (χ4v) is 10.7. The van der Waals surface area contributed by atoms with Crippen LogP contribution in [0, 0.1) is 21.2 Å². The predicted octanol–water partition coefficient (Wildman–Crippen LogP) is 5.31. The van der Waals surface area contributed by atoms with Crippen molar-refractivity contribution >= 4 is 43.8 Å². The van der Waals surface area contributed by atoms with Crippen molar-refractivity contribution in [1.82, 2.24) is 0 Å². The molecule has 7 heteroatoms. The Hall–Kier alpha value is -1.42. The van der Waals surface area contributed by atoms with Gasteiger partial charge in [-0.3, -0.25) is 0 Å².